The second kappa shape index (κ2) is 6.68. The van der Waals surface area contributed by atoms with E-state index in [1.54, 1.807) is 18.2 Å². The van der Waals surface area contributed by atoms with Crippen LogP contribution >= 0.6 is 0 Å². The summed E-state index contributed by atoms with van der Waals surface area (Å²) in [5.41, 5.74) is 3.04. The maximum atomic E-state index is 11.9. The number of oxime groups is 1. The van der Waals surface area contributed by atoms with Crippen molar-refractivity contribution in [2.75, 3.05) is 17.7 Å². The molecule has 2 aromatic rings. The molecule has 7 heteroatoms. The fraction of sp³-hybridized carbons (Fsp3) is 0.222. The van der Waals surface area contributed by atoms with Crippen LogP contribution in [0.4, 0.5) is 11.4 Å². The van der Waals surface area contributed by atoms with Crippen LogP contribution in [0, 0.1) is 0 Å². The molecule has 0 N–H and O–H groups in total. The van der Waals surface area contributed by atoms with Crippen molar-refractivity contribution in [2.45, 2.75) is 18.2 Å². The molecule has 1 aliphatic heterocycles. The molecule has 3 rings (SSSR count). The maximum Gasteiger partial charge on any atom is 0.331 e. The number of rotatable bonds is 3. The third-order valence-electron chi connectivity index (χ3n) is 3.92. The van der Waals surface area contributed by atoms with Gasteiger partial charge in [-0.25, -0.2) is 13.2 Å². The summed E-state index contributed by atoms with van der Waals surface area (Å²) < 4.78 is 23.8. The molecule has 130 valence electrons. The molecule has 1 heterocycles. The fourth-order valence-corrected chi connectivity index (χ4v) is 3.42. The Bertz CT molecular complexity index is 937. The largest absolute Gasteiger partial charge is 0.341 e. The van der Waals surface area contributed by atoms with Gasteiger partial charge in [0.05, 0.1) is 16.3 Å². The summed E-state index contributed by atoms with van der Waals surface area (Å²) in [6.07, 6.45) is 1.69. The molecule has 0 saturated heterocycles. The summed E-state index contributed by atoms with van der Waals surface area (Å²) in [5, 5.41) is 3.92. The average molecular weight is 358 g/mol. The summed E-state index contributed by atoms with van der Waals surface area (Å²) in [6.45, 7) is 1.92. The van der Waals surface area contributed by atoms with Gasteiger partial charge in [-0.2, -0.15) is 0 Å². The van der Waals surface area contributed by atoms with E-state index in [1.807, 2.05) is 30.3 Å². The SMILES string of the molecule is CC(=O)O/N=C1/CCN(c2ccccc2)c2ccc(S(C)(=O)=O)cc21. The number of anilines is 2. The number of carbonyl (C=O) groups is 1. The van der Waals surface area contributed by atoms with Gasteiger partial charge < -0.3 is 9.74 Å². The minimum atomic E-state index is -3.35. The molecule has 0 radical (unpaired) electrons. The molecule has 0 spiro atoms. The topological polar surface area (TPSA) is 76.0 Å². The first-order chi connectivity index (χ1) is 11.9. The van der Waals surface area contributed by atoms with E-state index in [4.69, 9.17) is 4.84 Å². The van der Waals surface area contributed by atoms with Crippen molar-refractivity contribution in [2.24, 2.45) is 5.16 Å². The number of carbonyl (C=O) groups excluding carboxylic acids is 1. The van der Waals surface area contributed by atoms with Crippen LogP contribution in [0.5, 0.6) is 0 Å². The van der Waals surface area contributed by atoms with Gasteiger partial charge in [0.2, 0.25) is 0 Å². The standard InChI is InChI=1S/C18H18N2O4S/c1-13(21)24-19-17-10-11-20(14-6-4-3-5-7-14)18-9-8-15(12-16(17)18)25(2,22)23/h3-9,12H,10-11H2,1-2H3/b19-17-. The van der Waals surface area contributed by atoms with Crippen molar-refractivity contribution in [1.29, 1.82) is 0 Å². The molecular formula is C18H18N2O4S. The van der Waals surface area contributed by atoms with E-state index in [0.717, 1.165) is 17.6 Å². The third kappa shape index (κ3) is 3.71. The van der Waals surface area contributed by atoms with E-state index in [-0.39, 0.29) is 4.90 Å². The summed E-state index contributed by atoms with van der Waals surface area (Å²) in [7, 11) is -3.35. The molecule has 1 aliphatic rings. The van der Waals surface area contributed by atoms with Gasteiger partial charge in [-0.05, 0) is 30.3 Å². The third-order valence-corrected chi connectivity index (χ3v) is 5.03. The number of fused-ring (bicyclic) bond motifs is 1. The molecule has 2 aromatic carbocycles. The Labute approximate surface area is 146 Å². The number of hydrogen-bond donors (Lipinski definition) is 0. The van der Waals surface area contributed by atoms with Gasteiger partial charge in [-0.1, -0.05) is 23.4 Å². The monoisotopic (exact) mass is 358 g/mol. The zero-order valence-corrected chi connectivity index (χ0v) is 14.8. The maximum absolute atomic E-state index is 11.9. The van der Waals surface area contributed by atoms with Gasteiger partial charge in [0, 0.05) is 37.4 Å². The van der Waals surface area contributed by atoms with Crippen molar-refractivity contribution in [1.82, 2.24) is 0 Å². The Hall–Kier alpha value is -2.67. The highest BCUT2D eigenvalue weighted by atomic mass is 32.2. The zero-order valence-electron chi connectivity index (χ0n) is 14.0. The van der Waals surface area contributed by atoms with Crippen molar-refractivity contribution in [3.05, 3.63) is 54.1 Å². The van der Waals surface area contributed by atoms with Gasteiger partial charge in [0.1, 0.15) is 0 Å². The lowest BCUT2D eigenvalue weighted by atomic mass is 9.99. The van der Waals surface area contributed by atoms with Crippen LogP contribution in [0.1, 0.15) is 18.9 Å². The number of para-hydroxylation sites is 1. The predicted molar refractivity (Wildman–Crippen MR) is 95.9 cm³/mol. The number of nitrogens with zero attached hydrogens (tertiary/aromatic N) is 2. The molecule has 0 amide bonds. The number of benzene rings is 2. The van der Waals surface area contributed by atoms with Crippen LogP contribution in [-0.4, -0.2) is 32.9 Å². The van der Waals surface area contributed by atoms with Crippen LogP contribution < -0.4 is 4.90 Å². The second-order valence-corrected chi connectivity index (χ2v) is 7.82. The van der Waals surface area contributed by atoms with E-state index in [1.165, 1.54) is 6.92 Å². The minimum Gasteiger partial charge on any atom is -0.341 e. The first-order valence-corrected chi connectivity index (χ1v) is 9.67. The molecule has 6 nitrogen and oxygen atoms in total. The highest BCUT2D eigenvalue weighted by molar-refractivity contribution is 7.90. The lowest BCUT2D eigenvalue weighted by molar-refractivity contribution is -0.140. The highest BCUT2D eigenvalue weighted by Crippen LogP contribution is 2.35. The molecular weight excluding hydrogens is 340 g/mol. The van der Waals surface area contributed by atoms with Gasteiger partial charge in [-0.15, -0.1) is 0 Å². The van der Waals surface area contributed by atoms with Crippen LogP contribution in [0.15, 0.2) is 58.6 Å². The van der Waals surface area contributed by atoms with Crippen LogP contribution in [0.3, 0.4) is 0 Å². The predicted octanol–water partition coefficient (Wildman–Crippen LogP) is 2.90. The summed E-state index contributed by atoms with van der Waals surface area (Å²) in [4.78, 5) is 18.2. The Kier molecular flexibility index (Phi) is 4.59. The molecule has 0 atom stereocenters. The number of hydrogen-bond acceptors (Lipinski definition) is 6. The molecule has 0 unspecified atom stereocenters. The van der Waals surface area contributed by atoms with Crippen LogP contribution in [-0.2, 0) is 19.5 Å². The molecule has 25 heavy (non-hydrogen) atoms. The fourth-order valence-electron chi connectivity index (χ4n) is 2.78. The Morgan fingerprint density at radius 3 is 2.52 bits per heavy atom. The normalized spacial score (nSPS) is 15.8. The van der Waals surface area contributed by atoms with E-state index in [0.29, 0.717) is 24.2 Å². The average Bonchev–Trinajstić information content (AvgIpc) is 2.59. The number of sulfone groups is 1. The summed E-state index contributed by atoms with van der Waals surface area (Å²) >= 11 is 0. The van der Waals surface area contributed by atoms with E-state index in [2.05, 4.69) is 10.1 Å². The van der Waals surface area contributed by atoms with Gasteiger partial charge in [0.25, 0.3) is 0 Å². The van der Waals surface area contributed by atoms with Gasteiger partial charge >= 0.3 is 5.97 Å². The summed E-state index contributed by atoms with van der Waals surface area (Å²) in [5.74, 6) is -0.515. The van der Waals surface area contributed by atoms with Gasteiger partial charge in [-0.3, -0.25) is 0 Å². The first kappa shape index (κ1) is 17.2. The van der Waals surface area contributed by atoms with Crippen molar-refractivity contribution < 1.29 is 18.0 Å². The Morgan fingerprint density at radius 2 is 1.88 bits per heavy atom. The molecule has 0 aliphatic carbocycles. The van der Waals surface area contributed by atoms with Crippen molar-refractivity contribution >= 4 is 32.9 Å². The first-order valence-electron chi connectivity index (χ1n) is 7.78. The highest BCUT2D eigenvalue weighted by Gasteiger charge is 2.25. The van der Waals surface area contributed by atoms with E-state index in [9.17, 15) is 13.2 Å². The van der Waals surface area contributed by atoms with E-state index >= 15 is 0 Å². The molecule has 0 aromatic heterocycles. The summed E-state index contributed by atoms with van der Waals surface area (Å²) in [6, 6.07) is 14.7. The minimum absolute atomic E-state index is 0.205. The van der Waals surface area contributed by atoms with Crippen molar-refractivity contribution in [3.8, 4) is 0 Å². The lowest BCUT2D eigenvalue weighted by Crippen LogP contribution is -2.29. The smallest absolute Gasteiger partial charge is 0.331 e. The molecule has 0 fully saturated rings. The lowest BCUT2D eigenvalue weighted by Gasteiger charge is -2.32. The van der Waals surface area contributed by atoms with E-state index < -0.39 is 15.8 Å². The Balaban J connectivity index is 2.13. The molecule has 0 bridgehead atoms. The zero-order chi connectivity index (χ0) is 18.0. The van der Waals surface area contributed by atoms with Gasteiger partial charge in [0.15, 0.2) is 9.84 Å². The molecule has 0 saturated carbocycles. The second-order valence-electron chi connectivity index (χ2n) is 5.81. The quantitative estimate of drug-likeness (QED) is 0.623. The van der Waals surface area contributed by atoms with Crippen LogP contribution in [0.2, 0.25) is 0 Å². The Morgan fingerprint density at radius 1 is 1.16 bits per heavy atom. The van der Waals surface area contributed by atoms with Crippen LogP contribution in [0.25, 0.3) is 0 Å². The van der Waals surface area contributed by atoms with Crippen molar-refractivity contribution in [3.63, 3.8) is 0 Å².